The lowest BCUT2D eigenvalue weighted by atomic mass is 9.99. The van der Waals surface area contributed by atoms with Gasteiger partial charge in [0.2, 0.25) is 0 Å². The predicted octanol–water partition coefficient (Wildman–Crippen LogP) is 3.57. The number of aromatic nitrogens is 3. The summed E-state index contributed by atoms with van der Waals surface area (Å²) < 4.78 is 7.29. The molecule has 0 bridgehead atoms. The van der Waals surface area contributed by atoms with Gasteiger partial charge >= 0.3 is 0 Å². The molecule has 7 heteroatoms. The number of hydrogen-bond acceptors (Lipinski definition) is 5. The molecule has 0 saturated heterocycles. The molecule has 152 valence electrons. The lowest BCUT2D eigenvalue weighted by Gasteiger charge is -2.25. The monoisotopic (exact) mass is 410 g/mol. The van der Waals surface area contributed by atoms with Crippen LogP contribution in [0.15, 0.2) is 30.5 Å². The van der Waals surface area contributed by atoms with Crippen molar-refractivity contribution in [2.24, 2.45) is 0 Å². The molecule has 3 aromatic rings. The number of nitrogens with zero attached hydrogens (tertiary/aromatic N) is 3. The number of rotatable bonds is 6. The summed E-state index contributed by atoms with van der Waals surface area (Å²) in [6.07, 6.45) is 4.22. The summed E-state index contributed by atoms with van der Waals surface area (Å²) in [6, 6.07) is 9.23. The highest BCUT2D eigenvalue weighted by atomic mass is 32.1. The standard InChI is InChI=1S/C22H26N4O2S/c1-13-5-6-14(20(29)24-16-7-8-16)9-17(13)15-10-18-19(23-11-15)26(21(25-18)28-4)22(2,3)12-27/h5-6,9-11,16,27H,7-8,12H2,1-4H3,(H,24,29). The molecule has 4 rings (SSSR count). The van der Waals surface area contributed by atoms with E-state index < -0.39 is 5.54 Å². The van der Waals surface area contributed by atoms with E-state index in [0.29, 0.717) is 17.7 Å². The molecular formula is C22H26N4O2S. The van der Waals surface area contributed by atoms with Gasteiger partial charge in [-0.1, -0.05) is 24.4 Å². The van der Waals surface area contributed by atoms with E-state index in [0.717, 1.165) is 32.8 Å². The van der Waals surface area contributed by atoms with Crippen LogP contribution in [0.2, 0.25) is 0 Å². The van der Waals surface area contributed by atoms with Crippen molar-refractivity contribution in [3.8, 4) is 17.1 Å². The molecule has 1 aromatic carbocycles. The van der Waals surface area contributed by atoms with Crippen LogP contribution in [0.4, 0.5) is 0 Å². The number of benzene rings is 1. The Bertz CT molecular complexity index is 1090. The Hall–Kier alpha value is -2.51. The molecule has 0 spiro atoms. The van der Waals surface area contributed by atoms with Crippen molar-refractivity contribution in [2.75, 3.05) is 13.7 Å². The molecule has 1 aliphatic rings. The number of pyridine rings is 1. The first-order chi connectivity index (χ1) is 13.8. The zero-order valence-corrected chi connectivity index (χ0v) is 18.0. The quantitative estimate of drug-likeness (QED) is 0.606. The Morgan fingerprint density at radius 2 is 2.10 bits per heavy atom. The van der Waals surface area contributed by atoms with Crippen molar-refractivity contribution in [2.45, 2.75) is 45.2 Å². The van der Waals surface area contributed by atoms with Gasteiger partial charge in [-0.25, -0.2) is 4.98 Å². The molecule has 0 atom stereocenters. The van der Waals surface area contributed by atoms with Gasteiger partial charge in [0.1, 0.15) is 10.5 Å². The Kier molecular flexibility index (Phi) is 5.04. The molecule has 29 heavy (non-hydrogen) atoms. The number of imidazole rings is 1. The van der Waals surface area contributed by atoms with E-state index in [2.05, 4.69) is 40.4 Å². The van der Waals surface area contributed by atoms with Gasteiger partial charge in [0, 0.05) is 23.4 Å². The average Bonchev–Trinajstić information content (AvgIpc) is 3.44. The first-order valence-electron chi connectivity index (χ1n) is 9.80. The van der Waals surface area contributed by atoms with Crippen LogP contribution in [-0.4, -0.2) is 44.4 Å². The summed E-state index contributed by atoms with van der Waals surface area (Å²) in [6.45, 7) is 5.88. The van der Waals surface area contributed by atoms with Gasteiger partial charge in [-0.2, -0.15) is 4.98 Å². The first kappa shape index (κ1) is 19.8. The fraction of sp³-hybridized carbons (Fsp3) is 0.409. The van der Waals surface area contributed by atoms with Gasteiger partial charge in [0.25, 0.3) is 6.01 Å². The van der Waals surface area contributed by atoms with E-state index in [9.17, 15) is 5.11 Å². The summed E-state index contributed by atoms with van der Waals surface area (Å²) in [5.74, 6) is 0. The summed E-state index contributed by atoms with van der Waals surface area (Å²) >= 11 is 5.57. The lowest BCUT2D eigenvalue weighted by Crippen LogP contribution is -2.31. The molecule has 1 aliphatic carbocycles. The van der Waals surface area contributed by atoms with Gasteiger partial charge in [-0.15, -0.1) is 0 Å². The Labute approximate surface area is 175 Å². The summed E-state index contributed by atoms with van der Waals surface area (Å²) in [7, 11) is 1.58. The number of aliphatic hydroxyl groups is 1. The van der Waals surface area contributed by atoms with Crippen molar-refractivity contribution >= 4 is 28.4 Å². The lowest BCUT2D eigenvalue weighted by molar-refractivity contribution is 0.155. The highest BCUT2D eigenvalue weighted by Crippen LogP contribution is 2.32. The molecule has 2 N–H and O–H groups in total. The summed E-state index contributed by atoms with van der Waals surface area (Å²) in [4.78, 5) is 10.1. The Morgan fingerprint density at radius 3 is 2.76 bits per heavy atom. The number of nitrogens with one attached hydrogen (secondary N) is 1. The number of aryl methyl sites for hydroxylation is 1. The van der Waals surface area contributed by atoms with Crippen LogP contribution < -0.4 is 10.1 Å². The maximum Gasteiger partial charge on any atom is 0.298 e. The highest BCUT2D eigenvalue weighted by Gasteiger charge is 2.27. The highest BCUT2D eigenvalue weighted by molar-refractivity contribution is 7.80. The van der Waals surface area contributed by atoms with Crippen LogP contribution >= 0.6 is 12.2 Å². The van der Waals surface area contributed by atoms with Crippen LogP contribution in [0.3, 0.4) is 0 Å². The molecule has 6 nitrogen and oxygen atoms in total. The fourth-order valence-electron chi connectivity index (χ4n) is 3.42. The van der Waals surface area contributed by atoms with Crippen molar-refractivity contribution in [1.82, 2.24) is 19.9 Å². The molecule has 0 aliphatic heterocycles. The normalized spacial score (nSPS) is 14.2. The Balaban J connectivity index is 1.78. The maximum atomic E-state index is 9.81. The van der Waals surface area contributed by atoms with E-state index in [1.165, 1.54) is 12.8 Å². The SMILES string of the molecule is COc1nc2cc(-c3cc(C(=S)NC4CC4)ccc3C)cnc2n1C(C)(C)CO. The molecule has 0 amide bonds. The van der Waals surface area contributed by atoms with Crippen LogP contribution in [-0.2, 0) is 5.54 Å². The second kappa shape index (κ2) is 7.39. The molecule has 0 radical (unpaired) electrons. The number of ether oxygens (including phenoxy) is 1. The molecule has 2 aromatic heterocycles. The molecule has 1 saturated carbocycles. The minimum absolute atomic E-state index is 0.0508. The van der Waals surface area contributed by atoms with Gasteiger partial charge in [-0.05, 0) is 56.9 Å². The fourth-order valence-corrected chi connectivity index (χ4v) is 3.71. The molecule has 0 unspecified atom stereocenters. The Morgan fingerprint density at radius 1 is 1.34 bits per heavy atom. The van der Waals surface area contributed by atoms with Crippen LogP contribution in [0, 0.1) is 6.92 Å². The third kappa shape index (κ3) is 3.72. The number of hydrogen-bond donors (Lipinski definition) is 2. The van der Waals surface area contributed by atoms with Crippen LogP contribution in [0.25, 0.3) is 22.3 Å². The van der Waals surface area contributed by atoms with E-state index >= 15 is 0 Å². The first-order valence-corrected chi connectivity index (χ1v) is 10.2. The molecule has 1 fully saturated rings. The zero-order valence-electron chi connectivity index (χ0n) is 17.2. The maximum absolute atomic E-state index is 9.81. The third-order valence-electron chi connectivity index (χ3n) is 5.36. The van der Waals surface area contributed by atoms with Crippen LogP contribution in [0.1, 0.15) is 37.8 Å². The minimum atomic E-state index is -0.578. The second-order valence-electron chi connectivity index (χ2n) is 8.25. The zero-order chi connectivity index (χ0) is 20.8. The van der Waals surface area contributed by atoms with E-state index in [1.54, 1.807) is 7.11 Å². The van der Waals surface area contributed by atoms with Crippen molar-refractivity contribution in [3.05, 3.63) is 41.6 Å². The summed E-state index contributed by atoms with van der Waals surface area (Å²) in [5.41, 5.74) is 5.04. The van der Waals surface area contributed by atoms with Crippen LogP contribution in [0.5, 0.6) is 6.01 Å². The number of fused-ring (bicyclic) bond motifs is 1. The summed E-state index contributed by atoms with van der Waals surface area (Å²) in [5, 5.41) is 13.2. The smallest absolute Gasteiger partial charge is 0.298 e. The molecule has 2 heterocycles. The van der Waals surface area contributed by atoms with Gasteiger partial charge in [0.05, 0.1) is 19.3 Å². The average molecular weight is 411 g/mol. The van der Waals surface area contributed by atoms with Gasteiger partial charge in [-0.3, -0.25) is 4.57 Å². The second-order valence-corrected chi connectivity index (χ2v) is 8.66. The predicted molar refractivity (Wildman–Crippen MR) is 119 cm³/mol. The van der Waals surface area contributed by atoms with Crippen molar-refractivity contribution < 1.29 is 9.84 Å². The van der Waals surface area contributed by atoms with Gasteiger partial charge in [0.15, 0.2) is 5.65 Å². The van der Waals surface area contributed by atoms with E-state index in [1.807, 2.05) is 30.7 Å². The van der Waals surface area contributed by atoms with Crippen molar-refractivity contribution in [1.29, 1.82) is 0 Å². The topological polar surface area (TPSA) is 72.2 Å². The third-order valence-corrected chi connectivity index (χ3v) is 5.72. The number of aliphatic hydroxyl groups excluding tert-OH is 1. The minimum Gasteiger partial charge on any atom is -0.468 e. The van der Waals surface area contributed by atoms with Gasteiger partial charge < -0.3 is 15.2 Å². The number of methoxy groups -OCH3 is 1. The van der Waals surface area contributed by atoms with E-state index in [4.69, 9.17) is 17.0 Å². The van der Waals surface area contributed by atoms with E-state index in [-0.39, 0.29) is 6.61 Å². The van der Waals surface area contributed by atoms with Crippen molar-refractivity contribution in [3.63, 3.8) is 0 Å². The largest absolute Gasteiger partial charge is 0.468 e. The molecular weight excluding hydrogens is 384 g/mol. The number of thiocarbonyl (C=S) groups is 1.